The third kappa shape index (κ3) is 13.9. The molecule has 0 aromatic heterocycles. The normalized spacial score (nSPS) is 41.1. The third-order valence-electron chi connectivity index (χ3n) is 23.9. The largest absolute Gasteiger partial charge is 0.456 e. The van der Waals surface area contributed by atoms with Crippen molar-refractivity contribution in [1.82, 2.24) is 0 Å². The smallest absolute Gasteiger partial charge is 0.338 e. The van der Waals surface area contributed by atoms with Gasteiger partial charge in [-0.2, -0.15) is 0 Å². The fraction of sp³-hybridized carbons (Fsp3) is 0.615. The summed E-state index contributed by atoms with van der Waals surface area (Å²) in [4.78, 5) is 82.8. The zero-order valence-electron chi connectivity index (χ0n) is 58.1. The number of hydrogen-bond acceptors (Lipinski definition) is 22. The number of benzene rings is 4. The second kappa shape index (κ2) is 29.2. The minimum absolute atomic E-state index is 0.00152. The van der Waals surface area contributed by atoms with Crippen LogP contribution in [0.5, 0.6) is 0 Å². The molecule has 4 aromatic rings. The van der Waals surface area contributed by atoms with Crippen LogP contribution < -0.4 is 0 Å². The van der Waals surface area contributed by atoms with Crippen LogP contribution in [0, 0.1) is 52.3 Å². The van der Waals surface area contributed by atoms with Crippen molar-refractivity contribution >= 4 is 35.8 Å². The molecule has 4 aliphatic carbocycles. The van der Waals surface area contributed by atoms with Crippen LogP contribution in [-0.4, -0.2) is 160 Å². The first-order valence-electron chi connectivity index (χ1n) is 36.0. The van der Waals surface area contributed by atoms with E-state index in [2.05, 4.69) is 27.7 Å². The average Bonchev–Trinajstić information content (AvgIpc) is 1.50. The van der Waals surface area contributed by atoms with E-state index in [1.807, 2.05) is 30.3 Å². The van der Waals surface area contributed by atoms with E-state index in [-0.39, 0.29) is 46.1 Å². The highest BCUT2D eigenvalue weighted by atomic mass is 16.8. The maximum Gasteiger partial charge on any atom is 0.338 e. The van der Waals surface area contributed by atoms with Crippen LogP contribution in [0.1, 0.15) is 163 Å². The highest BCUT2D eigenvalue weighted by Gasteiger charge is 2.70. The first-order chi connectivity index (χ1) is 48.2. The number of ether oxygens (including phenoxy) is 16. The van der Waals surface area contributed by atoms with Crippen LogP contribution in [-0.2, 0) is 90.2 Å². The molecule has 0 radical (unpaired) electrons. The summed E-state index contributed by atoms with van der Waals surface area (Å²) in [6.45, 7) is 15.1. The van der Waals surface area contributed by atoms with Gasteiger partial charge in [0, 0.05) is 38.7 Å². The molecule has 6 saturated heterocycles. The molecule has 0 N–H and O–H groups in total. The fourth-order valence-corrected chi connectivity index (χ4v) is 19.2. The molecule has 27 atom stereocenters. The molecule has 4 aromatic carbocycles. The maximum absolute atomic E-state index is 14.7. The lowest BCUT2D eigenvalue weighted by atomic mass is 9.44. The van der Waals surface area contributed by atoms with Crippen LogP contribution in [0.3, 0.4) is 0 Å². The number of esters is 6. The molecule has 2 unspecified atom stereocenters. The van der Waals surface area contributed by atoms with Crippen molar-refractivity contribution in [2.75, 3.05) is 19.8 Å². The maximum atomic E-state index is 14.7. The van der Waals surface area contributed by atoms with E-state index in [1.54, 1.807) is 97.9 Å². The Morgan fingerprint density at radius 3 is 1.66 bits per heavy atom. The Bertz CT molecular complexity index is 3540. The van der Waals surface area contributed by atoms with Gasteiger partial charge in [0.15, 0.2) is 67.6 Å². The van der Waals surface area contributed by atoms with Crippen molar-refractivity contribution in [2.45, 2.75) is 230 Å². The Morgan fingerprint density at radius 1 is 0.460 bits per heavy atom. The molecular formula is C78H94O22. The predicted molar refractivity (Wildman–Crippen MR) is 353 cm³/mol. The number of rotatable bonds is 16. The zero-order valence-corrected chi connectivity index (χ0v) is 58.1. The van der Waals surface area contributed by atoms with Crippen molar-refractivity contribution in [1.29, 1.82) is 0 Å². The summed E-state index contributed by atoms with van der Waals surface area (Å²) in [6.07, 6.45) is -11.7. The minimum Gasteiger partial charge on any atom is -0.456 e. The van der Waals surface area contributed by atoms with Crippen LogP contribution in [0.15, 0.2) is 121 Å². The van der Waals surface area contributed by atoms with Gasteiger partial charge in [-0.3, -0.25) is 14.4 Å². The number of hydrogen-bond donors (Lipinski definition) is 0. The molecular weight excluding hydrogens is 1290 g/mol. The van der Waals surface area contributed by atoms with Gasteiger partial charge in [-0.1, -0.05) is 113 Å². The molecule has 6 aliphatic heterocycles. The highest BCUT2D eigenvalue weighted by molar-refractivity contribution is 5.91. The summed E-state index contributed by atoms with van der Waals surface area (Å²) < 4.78 is 107. The Hall–Kier alpha value is -6.70. The van der Waals surface area contributed by atoms with Crippen molar-refractivity contribution < 1.29 is 105 Å². The van der Waals surface area contributed by atoms with Crippen molar-refractivity contribution in [3.05, 3.63) is 144 Å². The summed E-state index contributed by atoms with van der Waals surface area (Å²) in [5, 5.41) is 0. The van der Waals surface area contributed by atoms with E-state index < -0.39 is 147 Å². The summed E-state index contributed by atoms with van der Waals surface area (Å²) in [5.41, 5.74) is 1.23. The van der Waals surface area contributed by atoms with Gasteiger partial charge in [0.25, 0.3) is 0 Å². The first-order valence-corrected chi connectivity index (χ1v) is 36.0. The van der Waals surface area contributed by atoms with Crippen LogP contribution in [0.4, 0.5) is 0 Å². The third-order valence-corrected chi connectivity index (χ3v) is 23.9. The molecule has 22 nitrogen and oxygen atoms in total. The Morgan fingerprint density at radius 2 is 1.03 bits per heavy atom. The van der Waals surface area contributed by atoms with E-state index in [0.29, 0.717) is 53.9 Å². The molecule has 0 bridgehead atoms. The second-order valence-corrected chi connectivity index (χ2v) is 30.0. The molecule has 538 valence electrons. The summed E-state index contributed by atoms with van der Waals surface area (Å²) >= 11 is 0. The van der Waals surface area contributed by atoms with Gasteiger partial charge in [-0.15, -0.1) is 0 Å². The lowest BCUT2D eigenvalue weighted by molar-refractivity contribution is -0.414. The standard InChI is InChI=1S/C78H94O22/c1-42-31-36-78(87-39-42)43(2)60-57(100-78)38-56-54-30-29-52-37-53(32-34-76(52,7)55(54)33-35-77(56,60)8)92-75-68(99-74-67(91-47(6)81)64(90-46(5)80)61(44(3)88-74)89-45(4)79)65(62-59(94-75)41-85-72(97-62)51-27-19-12-20-28-51)98-73-66(96-71(84)50-25-17-11-18-26-50)63(95-70(83)49-23-15-10-16-24-49)58(40-86-73)93-69(82)48-21-13-9-14-22-48/h9-28,42-44,52-68,72-75H,29-41H2,1-8H3/t42-,43+,44+,52?,53+,54-,55+,56+,57+,58-,59-,60+,61+,62+,63-,64-,65+,66-,67-,68-,72?,73+,74+,75-,76+,77+,78-/m1/s1. The van der Waals surface area contributed by atoms with Crippen molar-refractivity contribution in [3.63, 3.8) is 0 Å². The molecule has 1 spiro atoms. The van der Waals surface area contributed by atoms with Crippen LogP contribution >= 0.6 is 0 Å². The van der Waals surface area contributed by atoms with Crippen LogP contribution in [0.25, 0.3) is 0 Å². The molecule has 10 aliphatic rings. The second-order valence-electron chi connectivity index (χ2n) is 30.0. The van der Waals surface area contributed by atoms with Gasteiger partial charge >= 0.3 is 35.8 Å². The molecule has 6 heterocycles. The Labute approximate surface area is 583 Å². The monoisotopic (exact) mass is 1380 g/mol. The van der Waals surface area contributed by atoms with Gasteiger partial charge < -0.3 is 75.8 Å². The topological polar surface area (TPSA) is 250 Å². The Balaban J connectivity index is 0.822. The minimum atomic E-state index is -1.73. The predicted octanol–water partition coefficient (Wildman–Crippen LogP) is 11.0. The number of carbonyl (C=O) groups excluding carboxylic acids is 6. The van der Waals surface area contributed by atoms with Gasteiger partial charge in [0.2, 0.25) is 0 Å². The number of fused-ring (bicyclic) bond motifs is 8. The van der Waals surface area contributed by atoms with E-state index in [9.17, 15) is 28.8 Å². The molecule has 10 fully saturated rings. The van der Waals surface area contributed by atoms with Crippen LogP contribution in [0.2, 0.25) is 0 Å². The summed E-state index contributed by atoms with van der Waals surface area (Å²) in [5.74, 6) is -2.16. The van der Waals surface area contributed by atoms with E-state index >= 15 is 0 Å². The highest BCUT2D eigenvalue weighted by Crippen LogP contribution is 2.71. The average molecular weight is 1380 g/mol. The van der Waals surface area contributed by atoms with Crippen molar-refractivity contribution in [2.24, 2.45) is 52.3 Å². The zero-order chi connectivity index (χ0) is 69.8. The van der Waals surface area contributed by atoms with E-state index in [1.165, 1.54) is 20.8 Å². The molecule has 0 amide bonds. The molecule has 4 saturated carbocycles. The quantitative estimate of drug-likeness (QED) is 0.0574. The van der Waals surface area contributed by atoms with E-state index in [0.717, 1.165) is 58.0 Å². The summed E-state index contributed by atoms with van der Waals surface area (Å²) in [6, 6.07) is 33.8. The van der Waals surface area contributed by atoms with Gasteiger partial charge in [0.1, 0.15) is 24.4 Å². The van der Waals surface area contributed by atoms with Gasteiger partial charge in [-0.25, -0.2) is 14.4 Å². The van der Waals surface area contributed by atoms with Gasteiger partial charge in [-0.05, 0) is 147 Å². The molecule has 22 heteroatoms. The first kappa shape index (κ1) is 70.3. The SMILES string of the molecule is CC(=O)O[C@@H]1[C@@H](OC(C)=O)[C@H](C)O[C@@H](O[C@H]2[C@H](O[C@H]3CC[C@@]4(C)C(CC[C@H]5[C@@H]6C[C@@H]7O[C@]8(CC[C@@H](C)CO8)[C@@H](C)[C@@H]7[C@@]6(C)CC[C@@H]54)C3)O[C@@H]3COC(c4ccccc4)O[C@@H]3[C@@H]2O[C@@H]2OC[C@@H](OC(=O)c3ccccc3)[C@@H](OC(=O)c3ccccc3)[C@H]2OC(=O)c2ccccc2)[C@@H]1OC(C)=O. The molecule has 100 heavy (non-hydrogen) atoms. The summed E-state index contributed by atoms with van der Waals surface area (Å²) in [7, 11) is 0. The van der Waals surface area contributed by atoms with E-state index in [4.69, 9.17) is 75.8 Å². The fourth-order valence-electron chi connectivity index (χ4n) is 19.2. The lowest BCUT2D eigenvalue weighted by Crippen LogP contribution is -2.69. The number of carbonyl (C=O) groups is 6. The lowest BCUT2D eigenvalue weighted by Gasteiger charge is -2.61. The Kier molecular flexibility index (Phi) is 20.5. The van der Waals surface area contributed by atoms with Crippen molar-refractivity contribution in [3.8, 4) is 0 Å². The van der Waals surface area contributed by atoms with Gasteiger partial charge in [0.05, 0.1) is 54.8 Å². The molecule has 14 rings (SSSR count).